The maximum Gasteiger partial charge on any atom is 0.180 e. The van der Waals surface area contributed by atoms with E-state index in [-0.39, 0.29) is 12.4 Å². The van der Waals surface area contributed by atoms with Crippen molar-refractivity contribution in [3.8, 4) is 0 Å². The summed E-state index contributed by atoms with van der Waals surface area (Å²) in [6, 6.07) is -0.549. The maximum absolute atomic E-state index is 12.6. The number of ether oxygens (including phenoxy) is 2. The van der Waals surface area contributed by atoms with Crippen molar-refractivity contribution in [1.82, 2.24) is 0 Å². The predicted molar refractivity (Wildman–Crippen MR) is 38.4 cm³/mol. The van der Waals surface area contributed by atoms with E-state index in [4.69, 9.17) is 9.47 Å². The molecular formula is C6H8BFO3. The van der Waals surface area contributed by atoms with Crippen molar-refractivity contribution in [3.63, 3.8) is 0 Å². The number of halogens is 1. The first-order valence-electron chi connectivity index (χ1n) is 3.32. The van der Waals surface area contributed by atoms with Crippen LogP contribution in [0, 0.1) is 0 Å². The van der Waals surface area contributed by atoms with Gasteiger partial charge in [-0.1, -0.05) is 0 Å². The quantitative estimate of drug-likeness (QED) is 0.405. The summed E-state index contributed by atoms with van der Waals surface area (Å²) >= 11 is 0. The Morgan fingerprint density at radius 2 is 2.64 bits per heavy atom. The van der Waals surface area contributed by atoms with Gasteiger partial charge >= 0.3 is 0 Å². The number of aldehydes is 1. The first-order chi connectivity index (χ1) is 5.24. The van der Waals surface area contributed by atoms with Gasteiger partial charge in [-0.2, -0.15) is 0 Å². The second-order valence-corrected chi connectivity index (χ2v) is 2.20. The Bertz CT molecular complexity index is 183. The van der Waals surface area contributed by atoms with E-state index in [2.05, 4.69) is 0 Å². The molecule has 0 aliphatic carbocycles. The van der Waals surface area contributed by atoms with Crippen molar-refractivity contribution in [2.24, 2.45) is 0 Å². The molecule has 60 valence electrons. The zero-order valence-electron chi connectivity index (χ0n) is 6.12. The standard InChI is InChI=1S/C6H8BFO3/c7-6-4(8)3-5(11-6)10-2-1-9/h1,3,5-6H,2,7H2/t5-,6+/m0/s1. The van der Waals surface area contributed by atoms with Crippen molar-refractivity contribution < 1.29 is 18.7 Å². The molecule has 1 rings (SSSR count). The van der Waals surface area contributed by atoms with Crippen LogP contribution in [-0.2, 0) is 14.3 Å². The lowest BCUT2D eigenvalue weighted by atomic mass is 10.0. The van der Waals surface area contributed by atoms with Crippen molar-refractivity contribution in [2.75, 3.05) is 6.61 Å². The summed E-state index contributed by atoms with van der Waals surface area (Å²) in [5.41, 5.74) is 0. The molecule has 1 aliphatic rings. The minimum Gasteiger partial charge on any atom is -0.348 e. The largest absolute Gasteiger partial charge is 0.348 e. The third-order valence-electron chi connectivity index (χ3n) is 1.35. The molecule has 0 amide bonds. The summed E-state index contributed by atoms with van der Waals surface area (Å²) < 4.78 is 22.3. The first kappa shape index (κ1) is 8.42. The molecule has 0 saturated heterocycles. The molecule has 0 fully saturated rings. The number of carbonyl (C=O) groups is 1. The van der Waals surface area contributed by atoms with Gasteiger partial charge in [-0.05, 0) is 0 Å². The first-order valence-corrected chi connectivity index (χ1v) is 3.32. The summed E-state index contributed by atoms with van der Waals surface area (Å²) in [6.07, 6.45) is 1.11. The highest BCUT2D eigenvalue weighted by Gasteiger charge is 2.23. The van der Waals surface area contributed by atoms with Gasteiger partial charge in [-0.25, -0.2) is 4.39 Å². The Morgan fingerprint density at radius 3 is 3.09 bits per heavy atom. The lowest BCUT2D eigenvalue weighted by Gasteiger charge is -2.08. The third kappa shape index (κ3) is 2.13. The van der Waals surface area contributed by atoms with E-state index in [1.165, 1.54) is 6.08 Å². The van der Waals surface area contributed by atoms with E-state index in [9.17, 15) is 9.18 Å². The molecule has 0 aromatic rings. The Kier molecular flexibility index (Phi) is 2.79. The molecule has 0 spiro atoms. The molecule has 5 heteroatoms. The second-order valence-electron chi connectivity index (χ2n) is 2.20. The van der Waals surface area contributed by atoms with Crippen LogP contribution in [0.25, 0.3) is 0 Å². The number of rotatable bonds is 3. The topological polar surface area (TPSA) is 35.5 Å². The van der Waals surface area contributed by atoms with Crippen molar-refractivity contribution in [1.29, 1.82) is 0 Å². The molecule has 11 heavy (non-hydrogen) atoms. The van der Waals surface area contributed by atoms with Crippen LogP contribution in [0.15, 0.2) is 11.9 Å². The average Bonchev–Trinajstić information content (AvgIpc) is 2.28. The molecule has 0 saturated carbocycles. The molecule has 2 atom stereocenters. The minimum atomic E-state index is -0.699. The highest BCUT2D eigenvalue weighted by atomic mass is 19.1. The zero-order valence-corrected chi connectivity index (χ0v) is 6.12. The lowest BCUT2D eigenvalue weighted by molar-refractivity contribution is -0.128. The highest BCUT2D eigenvalue weighted by molar-refractivity contribution is 6.12. The van der Waals surface area contributed by atoms with Crippen LogP contribution in [0.5, 0.6) is 0 Å². The summed E-state index contributed by atoms with van der Waals surface area (Å²) in [5.74, 6) is -0.346. The Morgan fingerprint density at radius 1 is 1.91 bits per heavy atom. The van der Waals surface area contributed by atoms with Crippen LogP contribution in [0.1, 0.15) is 0 Å². The van der Waals surface area contributed by atoms with E-state index < -0.39 is 12.3 Å². The van der Waals surface area contributed by atoms with Crippen molar-refractivity contribution in [2.45, 2.75) is 12.3 Å². The molecule has 3 nitrogen and oxygen atoms in total. The maximum atomic E-state index is 12.6. The molecule has 0 unspecified atom stereocenters. The van der Waals surface area contributed by atoms with Gasteiger partial charge in [0.05, 0.1) is 6.00 Å². The van der Waals surface area contributed by atoms with Crippen LogP contribution in [0.3, 0.4) is 0 Å². The fourth-order valence-corrected chi connectivity index (χ4v) is 0.792. The Hall–Kier alpha value is -0.675. The summed E-state index contributed by atoms with van der Waals surface area (Å²) in [6.45, 7) is -0.0683. The Labute approximate surface area is 64.6 Å². The molecule has 0 bridgehead atoms. The van der Waals surface area contributed by atoms with E-state index in [0.29, 0.717) is 6.29 Å². The van der Waals surface area contributed by atoms with Gasteiger partial charge in [0.2, 0.25) is 0 Å². The smallest absolute Gasteiger partial charge is 0.180 e. The third-order valence-corrected chi connectivity index (χ3v) is 1.35. The summed E-state index contributed by atoms with van der Waals surface area (Å²) in [5, 5.41) is 0. The van der Waals surface area contributed by atoms with Crippen LogP contribution in [0.2, 0.25) is 0 Å². The average molecular weight is 158 g/mol. The van der Waals surface area contributed by atoms with E-state index in [1.807, 2.05) is 0 Å². The monoisotopic (exact) mass is 158 g/mol. The molecule has 0 N–H and O–H groups in total. The van der Waals surface area contributed by atoms with Gasteiger partial charge in [0, 0.05) is 6.08 Å². The van der Waals surface area contributed by atoms with Gasteiger partial charge in [0.25, 0.3) is 0 Å². The van der Waals surface area contributed by atoms with Crippen LogP contribution in [0.4, 0.5) is 4.39 Å². The van der Waals surface area contributed by atoms with Gasteiger partial charge in [-0.15, -0.1) is 0 Å². The fourth-order valence-electron chi connectivity index (χ4n) is 0.792. The van der Waals surface area contributed by atoms with Gasteiger partial charge < -0.3 is 14.3 Å². The van der Waals surface area contributed by atoms with Crippen LogP contribution in [-0.4, -0.2) is 33.0 Å². The highest BCUT2D eigenvalue weighted by Crippen LogP contribution is 2.18. The second kappa shape index (κ2) is 3.64. The van der Waals surface area contributed by atoms with E-state index in [1.54, 1.807) is 7.85 Å². The SMILES string of the molecule is B[C@@H]1O[C@H](OCC=O)C=C1F. The summed E-state index contributed by atoms with van der Waals surface area (Å²) in [7, 11) is 1.58. The number of hydrogen-bond donors (Lipinski definition) is 0. The molecule has 0 aromatic heterocycles. The van der Waals surface area contributed by atoms with Crippen LogP contribution < -0.4 is 0 Å². The molecule has 1 heterocycles. The number of hydrogen-bond acceptors (Lipinski definition) is 3. The van der Waals surface area contributed by atoms with Crippen molar-refractivity contribution in [3.05, 3.63) is 11.9 Å². The molecular weight excluding hydrogens is 150 g/mol. The minimum absolute atomic E-state index is 0.0683. The lowest BCUT2D eigenvalue weighted by Crippen LogP contribution is -2.16. The van der Waals surface area contributed by atoms with Gasteiger partial charge in [0.1, 0.15) is 26.6 Å². The zero-order chi connectivity index (χ0) is 8.27. The fraction of sp³-hybridized carbons (Fsp3) is 0.500. The molecule has 0 radical (unpaired) electrons. The normalized spacial score (nSPS) is 30.1. The van der Waals surface area contributed by atoms with Gasteiger partial charge in [-0.3, -0.25) is 0 Å². The molecule has 0 aromatic carbocycles. The molecule has 1 aliphatic heterocycles. The Balaban J connectivity index is 2.34. The number of carbonyl (C=O) groups excluding carboxylic acids is 1. The van der Waals surface area contributed by atoms with E-state index in [0.717, 1.165) is 0 Å². The van der Waals surface area contributed by atoms with Crippen LogP contribution >= 0.6 is 0 Å². The summed E-state index contributed by atoms with van der Waals surface area (Å²) in [4.78, 5) is 9.83. The predicted octanol–water partition coefficient (Wildman–Crippen LogP) is -0.629. The van der Waals surface area contributed by atoms with Gasteiger partial charge in [0.15, 0.2) is 6.29 Å². The van der Waals surface area contributed by atoms with E-state index >= 15 is 0 Å². The van der Waals surface area contributed by atoms with Crippen molar-refractivity contribution >= 4 is 14.1 Å².